The van der Waals surface area contributed by atoms with Gasteiger partial charge >= 0.3 is 0 Å². The minimum Gasteiger partial charge on any atom is -0.380 e. The van der Waals surface area contributed by atoms with E-state index < -0.39 is 0 Å². The number of hydrogen-bond donors (Lipinski definition) is 1. The quantitative estimate of drug-likeness (QED) is 0.825. The van der Waals surface area contributed by atoms with Crippen LogP contribution in [0.5, 0.6) is 0 Å². The molecule has 13 heavy (non-hydrogen) atoms. The maximum atomic E-state index is 5.43. The molecule has 1 N–H and O–H groups in total. The number of ether oxygens (including phenoxy) is 1. The zero-order chi connectivity index (χ0) is 9.68. The van der Waals surface area contributed by atoms with E-state index in [4.69, 9.17) is 4.74 Å². The van der Waals surface area contributed by atoms with Crippen LogP contribution < -0.4 is 5.32 Å². The molecular formula is C10H18BrNO. The Kier molecular flexibility index (Phi) is 4.99. The zero-order valence-corrected chi connectivity index (χ0v) is 9.77. The standard InChI is InChI=1S/C10H18BrNO/c1-8(11)7-12-9-5-3-4-6-10(9)13-2/h9-10,12H,1,3-7H2,2H3. The monoisotopic (exact) mass is 247 g/mol. The van der Waals surface area contributed by atoms with Gasteiger partial charge in [0.15, 0.2) is 0 Å². The summed E-state index contributed by atoms with van der Waals surface area (Å²) in [6.07, 6.45) is 5.40. The Morgan fingerprint density at radius 1 is 1.54 bits per heavy atom. The van der Waals surface area contributed by atoms with Crippen LogP contribution in [-0.2, 0) is 4.74 Å². The lowest BCUT2D eigenvalue weighted by molar-refractivity contribution is 0.0431. The van der Waals surface area contributed by atoms with Crippen LogP contribution in [0.15, 0.2) is 11.1 Å². The van der Waals surface area contributed by atoms with Gasteiger partial charge in [-0.15, -0.1) is 0 Å². The predicted octanol–water partition coefficient (Wildman–Crippen LogP) is 2.44. The van der Waals surface area contributed by atoms with Crippen LogP contribution in [0.3, 0.4) is 0 Å². The molecule has 1 fully saturated rings. The summed E-state index contributed by atoms with van der Waals surface area (Å²) in [6, 6.07) is 0.507. The van der Waals surface area contributed by atoms with Crippen LogP contribution in [0, 0.1) is 0 Å². The normalized spacial score (nSPS) is 28.8. The van der Waals surface area contributed by atoms with Gasteiger partial charge in [0.1, 0.15) is 0 Å². The largest absolute Gasteiger partial charge is 0.380 e. The van der Waals surface area contributed by atoms with Crippen LogP contribution in [-0.4, -0.2) is 25.8 Å². The SMILES string of the molecule is C=C(Br)CNC1CCCCC1OC. The van der Waals surface area contributed by atoms with Gasteiger partial charge in [0.05, 0.1) is 6.10 Å². The van der Waals surface area contributed by atoms with Gasteiger partial charge in [0.2, 0.25) is 0 Å². The van der Waals surface area contributed by atoms with Crippen LogP contribution in [0.4, 0.5) is 0 Å². The Morgan fingerprint density at radius 2 is 2.23 bits per heavy atom. The second kappa shape index (κ2) is 5.78. The van der Waals surface area contributed by atoms with Crippen molar-refractivity contribution in [2.75, 3.05) is 13.7 Å². The number of halogens is 1. The molecule has 0 spiro atoms. The van der Waals surface area contributed by atoms with Gasteiger partial charge in [0.25, 0.3) is 0 Å². The Bertz CT molecular complexity index is 172. The Balaban J connectivity index is 2.31. The first kappa shape index (κ1) is 11.2. The summed E-state index contributed by atoms with van der Waals surface area (Å²) in [5, 5.41) is 3.45. The van der Waals surface area contributed by atoms with E-state index in [0.29, 0.717) is 12.1 Å². The fourth-order valence-electron chi connectivity index (χ4n) is 1.85. The molecule has 1 rings (SSSR count). The smallest absolute Gasteiger partial charge is 0.0724 e. The van der Waals surface area contributed by atoms with Gasteiger partial charge < -0.3 is 10.1 Å². The molecule has 2 atom stereocenters. The summed E-state index contributed by atoms with van der Waals surface area (Å²) in [6.45, 7) is 4.64. The van der Waals surface area contributed by atoms with E-state index in [-0.39, 0.29) is 0 Å². The van der Waals surface area contributed by atoms with Crippen LogP contribution in [0.2, 0.25) is 0 Å². The summed E-state index contributed by atoms with van der Waals surface area (Å²) in [5.41, 5.74) is 0. The molecule has 1 saturated carbocycles. The summed E-state index contributed by atoms with van der Waals surface area (Å²) >= 11 is 3.35. The van der Waals surface area contributed by atoms with Crippen molar-refractivity contribution in [3.8, 4) is 0 Å². The van der Waals surface area contributed by atoms with Crippen molar-refractivity contribution in [1.29, 1.82) is 0 Å². The highest BCUT2D eigenvalue weighted by molar-refractivity contribution is 9.11. The Hall–Kier alpha value is 0.140. The number of rotatable bonds is 4. The second-order valence-electron chi connectivity index (χ2n) is 3.56. The number of methoxy groups -OCH3 is 1. The molecule has 2 unspecified atom stereocenters. The van der Waals surface area contributed by atoms with Crippen molar-refractivity contribution in [3.05, 3.63) is 11.1 Å². The molecule has 0 radical (unpaired) electrons. The average molecular weight is 248 g/mol. The van der Waals surface area contributed by atoms with Crippen LogP contribution in [0.25, 0.3) is 0 Å². The molecule has 0 aliphatic heterocycles. The van der Waals surface area contributed by atoms with Gasteiger partial charge in [-0.3, -0.25) is 0 Å². The molecule has 0 bridgehead atoms. The highest BCUT2D eigenvalue weighted by Crippen LogP contribution is 2.20. The average Bonchev–Trinajstić information content (AvgIpc) is 2.15. The van der Waals surface area contributed by atoms with E-state index in [2.05, 4.69) is 27.8 Å². The molecule has 0 amide bonds. The van der Waals surface area contributed by atoms with Crippen LogP contribution in [0.1, 0.15) is 25.7 Å². The van der Waals surface area contributed by atoms with Gasteiger partial charge in [0, 0.05) is 24.2 Å². The van der Waals surface area contributed by atoms with Gasteiger partial charge in [-0.25, -0.2) is 0 Å². The van der Waals surface area contributed by atoms with E-state index in [1.54, 1.807) is 7.11 Å². The van der Waals surface area contributed by atoms with Crippen molar-refractivity contribution in [3.63, 3.8) is 0 Å². The summed E-state index contributed by atoms with van der Waals surface area (Å²) in [5.74, 6) is 0. The van der Waals surface area contributed by atoms with Crippen LogP contribution >= 0.6 is 15.9 Å². The Morgan fingerprint density at radius 3 is 2.85 bits per heavy atom. The van der Waals surface area contributed by atoms with E-state index in [0.717, 1.165) is 11.0 Å². The fraction of sp³-hybridized carbons (Fsp3) is 0.800. The molecule has 2 nitrogen and oxygen atoms in total. The van der Waals surface area contributed by atoms with E-state index in [1.807, 2.05) is 0 Å². The van der Waals surface area contributed by atoms with E-state index in [1.165, 1.54) is 25.7 Å². The van der Waals surface area contributed by atoms with Crippen molar-refractivity contribution >= 4 is 15.9 Å². The first-order chi connectivity index (χ1) is 6.24. The van der Waals surface area contributed by atoms with Gasteiger partial charge in [-0.2, -0.15) is 0 Å². The molecule has 76 valence electrons. The fourth-order valence-corrected chi connectivity index (χ4v) is 2.02. The number of nitrogens with one attached hydrogen (secondary N) is 1. The highest BCUT2D eigenvalue weighted by atomic mass is 79.9. The van der Waals surface area contributed by atoms with E-state index in [9.17, 15) is 0 Å². The molecule has 1 aliphatic rings. The molecule has 0 aromatic heterocycles. The van der Waals surface area contributed by atoms with Crippen molar-refractivity contribution < 1.29 is 4.74 Å². The molecule has 0 aromatic rings. The molecule has 0 aromatic carbocycles. The Labute approximate surface area is 88.9 Å². The summed E-state index contributed by atoms with van der Waals surface area (Å²) in [7, 11) is 1.80. The van der Waals surface area contributed by atoms with Gasteiger partial charge in [-0.1, -0.05) is 35.4 Å². The molecule has 0 heterocycles. The molecule has 3 heteroatoms. The molecular weight excluding hydrogens is 230 g/mol. The maximum Gasteiger partial charge on any atom is 0.0724 e. The van der Waals surface area contributed by atoms with Gasteiger partial charge in [-0.05, 0) is 12.8 Å². The molecule has 1 aliphatic carbocycles. The minimum absolute atomic E-state index is 0.389. The number of hydrogen-bond acceptors (Lipinski definition) is 2. The van der Waals surface area contributed by atoms with Crippen molar-refractivity contribution in [2.24, 2.45) is 0 Å². The third-order valence-electron chi connectivity index (χ3n) is 2.56. The first-order valence-electron chi connectivity index (χ1n) is 4.83. The minimum atomic E-state index is 0.389. The first-order valence-corrected chi connectivity index (χ1v) is 5.63. The topological polar surface area (TPSA) is 21.3 Å². The van der Waals surface area contributed by atoms with Crippen molar-refractivity contribution in [1.82, 2.24) is 5.32 Å². The maximum absolute atomic E-state index is 5.43. The zero-order valence-electron chi connectivity index (χ0n) is 8.18. The highest BCUT2D eigenvalue weighted by Gasteiger charge is 2.23. The second-order valence-corrected chi connectivity index (χ2v) is 4.68. The lowest BCUT2D eigenvalue weighted by Crippen LogP contribution is -2.43. The summed E-state index contributed by atoms with van der Waals surface area (Å²) in [4.78, 5) is 0. The third kappa shape index (κ3) is 3.79. The lowest BCUT2D eigenvalue weighted by Gasteiger charge is -2.31. The third-order valence-corrected chi connectivity index (χ3v) is 2.84. The predicted molar refractivity (Wildman–Crippen MR) is 59.1 cm³/mol. The molecule has 0 saturated heterocycles. The lowest BCUT2D eigenvalue weighted by atomic mass is 9.92. The van der Waals surface area contributed by atoms with E-state index >= 15 is 0 Å². The van der Waals surface area contributed by atoms with Crippen molar-refractivity contribution in [2.45, 2.75) is 37.8 Å². The summed E-state index contributed by atoms with van der Waals surface area (Å²) < 4.78 is 6.44.